The molecule has 2 rings (SSSR count). The summed E-state index contributed by atoms with van der Waals surface area (Å²) in [6, 6.07) is 8.52. The van der Waals surface area contributed by atoms with E-state index in [0.29, 0.717) is 12.6 Å². The van der Waals surface area contributed by atoms with Crippen LogP contribution in [-0.4, -0.2) is 18.7 Å². The van der Waals surface area contributed by atoms with Crippen molar-refractivity contribution in [1.82, 2.24) is 5.32 Å². The lowest BCUT2D eigenvalue weighted by Gasteiger charge is -2.07. The van der Waals surface area contributed by atoms with Crippen LogP contribution in [0.15, 0.2) is 24.3 Å². The van der Waals surface area contributed by atoms with Crippen LogP contribution < -0.4 is 10.6 Å². The lowest BCUT2D eigenvalue weighted by molar-refractivity contribution is 0.168. The SMILES string of the molecule is CCOC(=O)Nc1ccc(CNC2CC2)cc1. The van der Waals surface area contributed by atoms with Crippen LogP contribution in [-0.2, 0) is 11.3 Å². The molecule has 0 radical (unpaired) electrons. The molecule has 2 N–H and O–H groups in total. The Hall–Kier alpha value is -1.55. The van der Waals surface area contributed by atoms with Gasteiger partial charge in [0.15, 0.2) is 0 Å². The Bertz CT molecular complexity index is 372. The Morgan fingerprint density at radius 2 is 2.06 bits per heavy atom. The largest absolute Gasteiger partial charge is 0.450 e. The van der Waals surface area contributed by atoms with Gasteiger partial charge in [0, 0.05) is 18.3 Å². The Balaban J connectivity index is 1.81. The minimum atomic E-state index is -0.406. The van der Waals surface area contributed by atoms with Crippen LogP contribution >= 0.6 is 0 Å². The fourth-order valence-corrected chi connectivity index (χ4v) is 1.54. The number of hydrogen-bond acceptors (Lipinski definition) is 3. The van der Waals surface area contributed by atoms with Crippen molar-refractivity contribution in [2.75, 3.05) is 11.9 Å². The van der Waals surface area contributed by atoms with Gasteiger partial charge in [-0.1, -0.05) is 12.1 Å². The molecule has 1 aromatic rings. The van der Waals surface area contributed by atoms with E-state index in [1.807, 2.05) is 24.3 Å². The van der Waals surface area contributed by atoms with Crippen molar-refractivity contribution < 1.29 is 9.53 Å². The van der Waals surface area contributed by atoms with E-state index in [2.05, 4.69) is 10.6 Å². The van der Waals surface area contributed by atoms with Crippen LogP contribution in [0, 0.1) is 0 Å². The number of benzene rings is 1. The van der Waals surface area contributed by atoms with E-state index >= 15 is 0 Å². The third kappa shape index (κ3) is 4.07. The number of carbonyl (C=O) groups excluding carboxylic acids is 1. The number of ether oxygens (including phenoxy) is 1. The predicted octanol–water partition coefficient (Wildman–Crippen LogP) is 2.51. The highest BCUT2D eigenvalue weighted by atomic mass is 16.5. The zero-order chi connectivity index (χ0) is 12.1. The molecule has 0 spiro atoms. The zero-order valence-corrected chi connectivity index (χ0v) is 10.0. The lowest BCUT2D eigenvalue weighted by atomic mass is 10.2. The number of anilines is 1. The molecule has 0 unspecified atom stereocenters. The van der Waals surface area contributed by atoms with Gasteiger partial charge in [-0.25, -0.2) is 4.79 Å². The Morgan fingerprint density at radius 3 is 2.65 bits per heavy atom. The molecule has 0 bridgehead atoms. The Labute approximate surface area is 101 Å². The second-order valence-corrected chi connectivity index (χ2v) is 4.20. The number of amides is 1. The van der Waals surface area contributed by atoms with Crippen LogP contribution in [0.2, 0.25) is 0 Å². The molecule has 0 aromatic heterocycles. The highest BCUT2D eigenvalue weighted by Gasteiger charge is 2.19. The second-order valence-electron chi connectivity index (χ2n) is 4.20. The van der Waals surface area contributed by atoms with E-state index in [0.717, 1.165) is 12.2 Å². The summed E-state index contributed by atoms with van der Waals surface area (Å²) in [6.07, 6.45) is 2.18. The van der Waals surface area contributed by atoms with Crippen LogP contribution in [0.3, 0.4) is 0 Å². The minimum absolute atomic E-state index is 0.384. The molecule has 1 amide bonds. The summed E-state index contributed by atoms with van der Waals surface area (Å²) < 4.78 is 4.80. The molecule has 4 nitrogen and oxygen atoms in total. The molecule has 0 aliphatic heterocycles. The average Bonchev–Trinajstić information content (AvgIpc) is 3.12. The number of carbonyl (C=O) groups is 1. The van der Waals surface area contributed by atoms with Gasteiger partial charge in [-0.3, -0.25) is 5.32 Å². The number of hydrogen-bond donors (Lipinski definition) is 2. The van der Waals surface area contributed by atoms with Crippen LogP contribution in [0.4, 0.5) is 10.5 Å². The fourth-order valence-electron chi connectivity index (χ4n) is 1.54. The quantitative estimate of drug-likeness (QED) is 0.823. The second kappa shape index (κ2) is 5.68. The zero-order valence-electron chi connectivity index (χ0n) is 10.0. The molecule has 17 heavy (non-hydrogen) atoms. The summed E-state index contributed by atoms with van der Waals surface area (Å²) in [5.74, 6) is 0. The average molecular weight is 234 g/mol. The number of rotatable bonds is 5. The maximum absolute atomic E-state index is 11.2. The van der Waals surface area contributed by atoms with Gasteiger partial charge < -0.3 is 10.1 Å². The van der Waals surface area contributed by atoms with E-state index in [-0.39, 0.29) is 0 Å². The molecule has 1 fully saturated rings. The topological polar surface area (TPSA) is 50.4 Å². The summed E-state index contributed by atoms with van der Waals surface area (Å²) in [4.78, 5) is 11.2. The summed E-state index contributed by atoms with van der Waals surface area (Å²) in [5, 5.41) is 6.11. The molecular weight excluding hydrogens is 216 g/mol. The molecule has 0 atom stereocenters. The summed E-state index contributed by atoms with van der Waals surface area (Å²) in [5.41, 5.74) is 1.99. The van der Waals surface area contributed by atoms with Crippen LogP contribution in [0.1, 0.15) is 25.3 Å². The molecule has 1 saturated carbocycles. The van der Waals surface area contributed by atoms with E-state index in [1.54, 1.807) is 6.92 Å². The normalized spacial score (nSPS) is 14.4. The highest BCUT2D eigenvalue weighted by Crippen LogP contribution is 2.19. The molecule has 4 heteroatoms. The summed E-state index contributed by atoms with van der Waals surface area (Å²) in [6.45, 7) is 3.06. The fraction of sp³-hybridized carbons (Fsp3) is 0.462. The maximum atomic E-state index is 11.2. The molecule has 1 aliphatic carbocycles. The van der Waals surface area contributed by atoms with Crippen molar-refractivity contribution in [3.05, 3.63) is 29.8 Å². The lowest BCUT2D eigenvalue weighted by Crippen LogP contribution is -2.15. The van der Waals surface area contributed by atoms with Crippen molar-refractivity contribution >= 4 is 11.8 Å². The van der Waals surface area contributed by atoms with Crippen molar-refractivity contribution in [3.63, 3.8) is 0 Å². The smallest absolute Gasteiger partial charge is 0.411 e. The molecule has 1 aliphatic rings. The highest BCUT2D eigenvalue weighted by molar-refractivity contribution is 5.84. The van der Waals surface area contributed by atoms with Crippen molar-refractivity contribution in [2.24, 2.45) is 0 Å². The molecule has 0 saturated heterocycles. The monoisotopic (exact) mass is 234 g/mol. The van der Waals surface area contributed by atoms with Crippen LogP contribution in [0.5, 0.6) is 0 Å². The van der Waals surface area contributed by atoms with Gasteiger partial charge in [0.05, 0.1) is 6.61 Å². The van der Waals surface area contributed by atoms with Gasteiger partial charge >= 0.3 is 6.09 Å². The first kappa shape index (κ1) is 11.9. The van der Waals surface area contributed by atoms with Crippen molar-refractivity contribution in [2.45, 2.75) is 32.4 Å². The van der Waals surface area contributed by atoms with Gasteiger partial charge in [-0.2, -0.15) is 0 Å². The first-order valence-corrected chi connectivity index (χ1v) is 6.04. The maximum Gasteiger partial charge on any atom is 0.411 e. The predicted molar refractivity (Wildman–Crippen MR) is 66.9 cm³/mol. The summed E-state index contributed by atoms with van der Waals surface area (Å²) in [7, 11) is 0. The Kier molecular flexibility index (Phi) is 3.98. The van der Waals surface area contributed by atoms with E-state index in [4.69, 9.17) is 4.74 Å². The third-order valence-corrected chi connectivity index (χ3v) is 2.65. The van der Waals surface area contributed by atoms with Crippen molar-refractivity contribution in [3.8, 4) is 0 Å². The first-order chi connectivity index (χ1) is 8.28. The van der Waals surface area contributed by atoms with Crippen LogP contribution in [0.25, 0.3) is 0 Å². The number of nitrogens with one attached hydrogen (secondary N) is 2. The van der Waals surface area contributed by atoms with Gasteiger partial charge in [-0.15, -0.1) is 0 Å². The van der Waals surface area contributed by atoms with E-state index in [9.17, 15) is 4.79 Å². The van der Waals surface area contributed by atoms with E-state index < -0.39 is 6.09 Å². The third-order valence-electron chi connectivity index (χ3n) is 2.65. The standard InChI is InChI=1S/C13H18N2O2/c1-2-17-13(16)15-12-5-3-10(4-6-12)9-14-11-7-8-11/h3-6,11,14H,2,7-9H2,1H3,(H,15,16). The van der Waals surface area contributed by atoms with Gasteiger partial charge in [0.2, 0.25) is 0 Å². The summed E-state index contributed by atoms with van der Waals surface area (Å²) >= 11 is 0. The molecular formula is C13H18N2O2. The Morgan fingerprint density at radius 1 is 1.35 bits per heavy atom. The molecule has 1 aromatic carbocycles. The van der Waals surface area contributed by atoms with Gasteiger partial charge in [0.25, 0.3) is 0 Å². The van der Waals surface area contributed by atoms with E-state index in [1.165, 1.54) is 18.4 Å². The van der Waals surface area contributed by atoms with Crippen molar-refractivity contribution in [1.29, 1.82) is 0 Å². The molecule has 0 heterocycles. The van der Waals surface area contributed by atoms with Gasteiger partial charge in [0.1, 0.15) is 0 Å². The minimum Gasteiger partial charge on any atom is -0.450 e. The molecule has 92 valence electrons. The van der Waals surface area contributed by atoms with Gasteiger partial charge in [-0.05, 0) is 37.5 Å². The first-order valence-electron chi connectivity index (χ1n) is 6.04.